The predicted octanol–water partition coefficient (Wildman–Crippen LogP) is 4.63. The van der Waals surface area contributed by atoms with Crippen LogP contribution in [0, 0.1) is 5.92 Å². The molecule has 2 atom stereocenters. The van der Waals surface area contributed by atoms with Gasteiger partial charge in [-0.1, -0.05) is 0 Å². The first kappa shape index (κ1) is 15.5. The number of hydrogen-bond acceptors (Lipinski definition) is 1. The summed E-state index contributed by atoms with van der Waals surface area (Å²) in [5.41, 5.74) is 0. The summed E-state index contributed by atoms with van der Waals surface area (Å²) in [4.78, 5) is 0. The summed E-state index contributed by atoms with van der Waals surface area (Å²) in [5.74, 6) is 0.811. The van der Waals surface area contributed by atoms with E-state index in [2.05, 4.69) is 20.8 Å². The number of rotatable bonds is 10. The van der Waals surface area contributed by atoms with E-state index >= 15 is 0 Å². The summed E-state index contributed by atoms with van der Waals surface area (Å²) in [6.07, 6.45) is 10.3. The molecule has 15 heavy (non-hydrogen) atoms. The molecule has 0 rings (SSSR count). The van der Waals surface area contributed by atoms with Crippen LogP contribution in [0.2, 0.25) is 0 Å². The zero-order valence-electron chi connectivity index (χ0n) is 10.5. The Morgan fingerprint density at radius 1 is 1.00 bits per heavy atom. The van der Waals surface area contributed by atoms with Crippen LogP contribution in [0.25, 0.3) is 0 Å². The quantitative estimate of drug-likeness (QED) is 0.522. The average Bonchev–Trinajstić information content (AvgIpc) is 2.28. The summed E-state index contributed by atoms with van der Waals surface area (Å²) < 4.78 is 5.13. The van der Waals surface area contributed by atoms with E-state index in [1.54, 1.807) is 0 Å². The molecule has 0 aromatic heterocycles. The van der Waals surface area contributed by atoms with Crippen LogP contribution >= 0.6 is 0 Å². The fraction of sp³-hybridized carbons (Fsp3) is 1.00. The molecule has 0 spiro atoms. The topological polar surface area (TPSA) is 9.23 Å². The molecule has 0 N–H and O–H groups in total. The van der Waals surface area contributed by atoms with E-state index in [4.69, 9.17) is 20.2 Å². The minimum atomic E-state index is 0.312. The second-order valence-corrected chi connectivity index (χ2v) is 4.71. The molecule has 0 saturated heterocycles. The Hall–Kier alpha value is 0.479. The molecule has 96 valence electrons. The molecule has 2 heteroatoms. The van der Waals surface area contributed by atoms with Crippen molar-refractivity contribution < 1.29 is 20.2 Å². The van der Waals surface area contributed by atoms with Crippen LogP contribution in [-0.4, -0.2) is 6.10 Å². The Balaban J connectivity index is 3.77. The van der Waals surface area contributed by atoms with Gasteiger partial charge in [0.15, 0.2) is 0 Å². The van der Waals surface area contributed by atoms with E-state index < -0.39 is 0 Å². The molecule has 0 bridgehead atoms. The Labute approximate surface area is 104 Å². The van der Waals surface area contributed by atoms with Gasteiger partial charge in [0.05, 0.1) is 0 Å². The van der Waals surface area contributed by atoms with Crippen molar-refractivity contribution in [1.29, 1.82) is 0 Å². The van der Waals surface area contributed by atoms with Gasteiger partial charge in [0.1, 0.15) is 0 Å². The molecule has 0 aromatic carbocycles. The van der Waals surface area contributed by atoms with Crippen LogP contribution in [0.5, 0.6) is 0 Å². The molecule has 0 radical (unpaired) electrons. The van der Waals surface area contributed by atoms with E-state index in [1.807, 2.05) is 0 Å². The van der Waals surface area contributed by atoms with Gasteiger partial charge < -0.3 is 0 Å². The van der Waals surface area contributed by atoms with Crippen molar-refractivity contribution in [2.75, 3.05) is 0 Å². The van der Waals surface area contributed by atoms with Gasteiger partial charge in [-0.05, 0) is 0 Å². The van der Waals surface area contributed by atoms with Crippen molar-refractivity contribution in [3.8, 4) is 0 Å². The Bertz CT molecular complexity index is 114. The first-order chi connectivity index (χ1) is 7.28. The van der Waals surface area contributed by atoms with Crippen LogP contribution in [0.3, 0.4) is 0 Å². The molecule has 0 amide bonds. The molecule has 0 heterocycles. The molecule has 0 fully saturated rings. The van der Waals surface area contributed by atoms with Crippen LogP contribution in [0.15, 0.2) is 0 Å². The normalized spacial score (nSPS) is 15.3. The Kier molecular flexibility index (Phi) is 11.3. The van der Waals surface area contributed by atoms with E-state index in [1.165, 1.54) is 38.5 Å². The fourth-order valence-electron chi connectivity index (χ4n) is 1.97. The second kappa shape index (κ2) is 11.0. The summed E-state index contributed by atoms with van der Waals surface area (Å²) in [6, 6.07) is 0. The molecule has 0 saturated carbocycles. The van der Waals surface area contributed by atoms with E-state index in [-0.39, 0.29) is 0 Å². The number of hydrogen-bond donors (Lipinski definition) is 0. The third-order valence-electron chi connectivity index (χ3n) is 3.12. The van der Waals surface area contributed by atoms with Crippen molar-refractivity contribution >= 4 is 0 Å². The molecular weight excluding hydrogens is 236 g/mol. The second-order valence-electron chi connectivity index (χ2n) is 4.49. The van der Waals surface area contributed by atoms with Crippen LogP contribution in [-0.2, 0) is 20.2 Å². The molecule has 1 nitrogen and oxygen atoms in total. The van der Waals surface area contributed by atoms with Crippen molar-refractivity contribution in [2.24, 2.45) is 5.92 Å². The minimum absolute atomic E-state index is 0.312. The van der Waals surface area contributed by atoms with Gasteiger partial charge in [-0.3, -0.25) is 0 Å². The first-order valence-electron chi connectivity index (χ1n) is 6.52. The van der Waals surface area contributed by atoms with Crippen LogP contribution in [0.1, 0.15) is 72.1 Å². The van der Waals surface area contributed by atoms with Gasteiger partial charge in [0.25, 0.3) is 0 Å². The molecule has 0 aliphatic heterocycles. The molecular formula is C13H27CuO. The van der Waals surface area contributed by atoms with Crippen molar-refractivity contribution in [3.63, 3.8) is 0 Å². The molecule has 2 unspecified atom stereocenters. The zero-order chi connectivity index (χ0) is 11.5. The summed E-state index contributed by atoms with van der Waals surface area (Å²) in [5, 5.41) is 0. The third-order valence-corrected chi connectivity index (χ3v) is 3.43. The third kappa shape index (κ3) is 8.30. The average molecular weight is 263 g/mol. The zero-order valence-corrected chi connectivity index (χ0v) is 11.5. The summed E-state index contributed by atoms with van der Waals surface area (Å²) in [7, 11) is 0. The Morgan fingerprint density at radius 3 is 2.07 bits per heavy atom. The van der Waals surface area contributed by atoms with Crippen molar-refractivity contribution in [2.45, 2.75) is 78.2 Å². The predicted molar refractivity (Wildman–Crippen MR) is 62.3 cm³/mol. The van der Waals surface area contributed by atoms with Gasteiger partial charge >= 0.3 is 104 Å². The standard InChI is InChI=1S/C13H27O.Cu/c1-4-7-9-12(6-3)11-13(14)10-8-5-2;/h12-13H,4-11H2,1-3H3;/q-1;+1. The van der Waals surface area contributed by atoms with Gasteiger partial charge in [-0.15, -0.1) is 0 Å². The van der Waals surface area contributed by atoms with Gasteiger partial charge in [0, 0.05) is 0 Å². The van der Waals surface area contributed by atoms with Crippen molar-refractivity contribution in [3.05, 3.63) is 0 Å². The van der Waals surface area contributed by atoms with Crippen LogP contribution < -0.4 is 0 Å². The van der Waals surface area contributed by atoms with Crippen LogP contribution in [0.4, 0.5) is 0 Å². The van der Waals surface area contributed by atoms with E-state index in [0.29, 0.717) is 6.10 Å². The van der Waals surface area contributed by atoms with Gasteiger partial charge in [-0.25, -0.2) is 0 Å². The van der Waals surface area contributed by atoms with E-state index in [9.17, 15) is 0 Å². The van der Waals surface area contributed by atoms with Crippen molar-refractivity contribution in [1.82, 2.24) is 0 Å². The summed E-state index contributed by atoms with van der Waals surface area (Å²) in [6.45, 7) is 6.75. The maximum atomic E-state index is 5.13. The molecule has 0 aromatic rings. The monoisotopic (exact) mass is 262 g/mol. The summed E-state index contributed by atoms with van der Waals surface area (Å²) >= 11 is 4.91. The molecule has 0 aliphatic carbocycles. The Morgan fingerprint density at radius 2 is 1.60 bits per heavy atom. The first-order valence-corrected chi connectivity index (χ1v) is 6.91. The maximum absolute atomic E-state index is 5.13. The van der Waals surface area contributed by atoms with E-state index in [0.717, 1.165) is 18.8 Å². The fourth-order valence-corrected chi connectivity index (χ4v) is 2.17. The van der Waals surface area contributed by atoms with Gasteiger partial charge in [-0.2, -0.15) is 0 Å². The van der Waals surface area contributed by atoms with Gasteiger partial charge in [0.2, 0.25) is 0 Å². The number of unbranched alkanes of at least 4 members (excludes halogenated alkanes) is 2. The SMILES string of the molecule is CCCCC(CC)CC(CCCC)[O][Cu]. The molecule has 0 aliphatic rings.